The molecule has 0 aliphatic rings. The van der Waals surface area contributed by atoms with Gasteiger partial charge in [-0.2, -0.15) is 0 Å². The molecule has 20 heavy (non-hydrogen) atoms. The minimum Gasteiger partial charge on any atom is -0.479 e. The number of halogens is 1. The van der Waals surface area contributed by atoms with E-state index in [1.807, 2.05) is 0 Å². The highest BCUT2D eigenvalue weighted by molar-refractivity contribution is 6.32. The number of ether oxygens (including phenoxy) is 2. The van der Waals surface area contributed by atoms with Gasteiger partial charge in [-0.25, -0.2) is 0 Å². The van der Waals surface area contributed by atoms with E-state index in [0.717, 1.165) is 0 Å². The summed E-state index contributed by atoms with van der Waals surface area (Å²) >= 11 is 5.94. The molecule has 0 heterocycles. The maximum absolute atomic E-state index is 11.8. The van der Waals surface area contributed by atoms with Crippen molar-refractivity contribution < 1.29 is 19.1 Å². The van der Waals surface area contributed by atoms with E-state index in [0.29, 0.717) is 23.7 Å². The molecule has 1 aromatic carbocycles. The summed E-state index contributed by atoms with van der Waals surface area (Å²) in [6, 6.07) is 6.95. The predicted molar refractivity (Wildman–Crippen MR) is 75.8 cm³/mol. The number of methoxy groups -OCH3 is 1. The predicted octanol–water partition coefficient (Wildman–Crippen LogP) is 2.18. The zero-order valence-corrected chi connectivity index (χ0v) is 12.3. The van der Waals surface area contributed by atoms with Crippen molar-refractivity contribution in [3.05, 3.63) is 29.3 Å². The molecule has 5 nitrogen and oxygen atoms in total. The summed E-state index contributed by atoms with van der Waals surface area (Å²) in [4.78, 5) is 22.7. The SMILES string of the molecule is COC(=O)CCCNC(=O)C(C)Oc1ccccc1Cl. The van der Waals surface area contributed by atoms with Crippen molar-refractivity contribution in [1.29, 1.82) is 0 Å². The standard InChI is InChI=1S/C14H18ClNO4/c1-10(20-12-7-4-3-6-11(12)15)14(18)16-9-5-8-13(17)19-2/h3-4,6-7,10H,5,8-9H2,1-2H3,(H,16,18). The first-order valence-corrected chi connectivity index (χ1v) is 6.68. The Hall–Kier alpha value is -1.75. The van der Waals surface area contributed by atoms with E-state index in [1.54, 1.807) is 31.2 Å². The number of carbonyl (C=O) groups is 2. The molecule has 0 bridgehead atoms. The fourth-order valence-corrected chi connectivity index (χ4v) is 1.65. The van der Waals surface area contributed by atoms with Crippen molar-refractivity contribution in [2.75, 3.05) is 13.7 Å². The van der Waals surface area contributed by atoms with Crippen LogP contribution in [0, 0.1) is 0 Å². The molecule has 0 spiro atoms. The average Bonchev–Trinajstić information content (AvgIpc) is 2.45. The van der Waals surface area contributed by atoms with Gasteiger partial charge < -0.3 is 14.8 Å². The van der Waals surface area contributed by atoms with Crippen LogP contribution in [0.1, 0.15) is 19.8 Å². The minimum atomic E-state index is -0.659. The smallest absolute Gasteiger partial charge is 0.305 e. The van der Waals surface area contributed by atoms with Crippen LogP contribution >= 0.6 is 11.6 Å². The number of nitrogens with one attached hydrogen (secondary N) is 1. The molecule has 0 radical (unpaired) electrons. The Morgan fingerprint density at radius 3 is 2.70 bits per heavy atom. The largest absolute Gasteiger partial charge is 0.479 e. The summed E-state index contributed by atoms with van der Waals surface area (Å²) < 4.78 is 9.98. The highest BCUT2D eigenvalue weighted by Gasteiger charge is 2.15. The lowest BCUT2D eigenvalue weighted by Crippen LogP contribution is -2.37. The molecule has 1 unspecified atom stereocenters. The number of rotatable bonds is 7. The van der Waals surface area contributed by atoms with Crippen molar-refractivity contribution in [2.24, 2.45) is 0 Å². The second-order valence-corrected chi connectivity index (χ2v) is 4.57. The topological polar surface area (TPSA) is 64.6 Å². The number of amides is 1. The Morgan fingerprint density at radius 1 is 1.35 bits per heavy atom. The number of carbonyl (C=O) groups excluding carboxylic acids is 2. The minimum absolute atomic E-state index is 0.255. The summed E-state index contributed by atoms with van der Waals surface area (Å²) in [5.74, 6) is -0.0826. The van der Waals surface area contributed by atoms with E-state index >= 15 is 0 Å². The summed E-state index contributed by atoms with van der Waals surface area (Å²) in [7, 11) is 1.33. The van der Waals surface area contributed by atoms with Gasteiger partial charge in [0.25, 0.3) is 5.91 Å². The van der Waals surface area contributed by atoms with Gasteiger partial charge in [-0.15, -0.1) is 0 Å². The van der Waals surface area contributed by atoms with Crippen LogP contribution in [0.3, 0.4) is 0 Å². The molecule has 0 aliphatic carbocycles. The number of hydrogen-bond donors (Lipinski definition) is 1. The van der Waals surface area contributed by atoms with Crippen LogP contribution in [0.15, 0.2) is 24.3 Å². The molecule has 1 N–H and O–H groups in total. The van der Waals surface area contributed by atoms with Crippen molar-refractivity contribution in [3.8, 4) is 5.75 Å². The van der Waals surface area contributed by atoms with Gasteiger partial charge in [-0.05, 0) is 25.5 Å². The summed E-state index contributed by atoms with van der Waals surface area (Å²) in [6.07, 6.45) is 0.140. The van der Waals surface area contributed by atoms with Gasteiger partial charge in [0.1, 0.15) is 5.75 Å². The summed E-state index contributed by atoms with van der Waals surface area (Å²) in [5, 5.41) is 3.14. The van der Waals surface area contributed by atoms with E-state index in [-0.39, 0.29) is 18.3 Å². The average molecular weight is 300 g/mol. The number of hydrogen-bond acceptors (Lipinski definition) is 4. The highest BCUT2D eigenvalue weighted by atomic mass is 35.5. The van der Waals surface area contributed by atoms with Crippen LogP contribution < -0.4 is 10.1 Å². The number of para-hydroxylation sites is 1. The summed E-state index contributed by atoms with van der Waals surface area (Å²) in [6.45, 7) is 2.03. The number of esters is 1. The van der Waals surface area contributed by atoms with E-state index in [1.165, 1.54) is 7.11 Å². The molecule has 1 amide bonds. The third-order valence-electron chi connectivity index (χ3n) is 2.59. The number of benzene rings is 1. The fourth-order valence-electron chi connectivity index (χ4n) is 1.47. The van der Waals surface area contributed by atoms with E-state index in [2.05, 4.69) is 10.1 Å². The summed E-state index contributed by atoms with van der Waals surface area (Å²) in [5.41, 5.74) is 0. The van der Waals surface area contributed by atoms with Crippen LogP contribution in [-0.4, -0.2) is 31.6 Å². The molecule has 0 aliphatic heterocycles. The van der Waals surface area contributed by atoms with Crippen LogP contribution in [0.5, 0.6) is 5.75 Å². The quantitative estimate of drug-likeness (QED) is 0.619. The first-order valence-electron chi connectivity index (χ1n) is 6.30. The van der Waals surface area contributed by atoms with Crippen LogP contribution in [0.2, 0.25) is 5.02 Å². The van der Waals surface area contributed by atoms with Gasteiger partial charge >= 0.3 is 5.97 Å². The van der Waals surface area contributed by atoms with Crippen molar-refractivity contribution >= 4 is 23.5 Å². The second kappa shape index (κ2) is 8.43. The Bertz CT molecular complexity index is 464. The monoisotopic (exact) mass is 299 g/mol. The van der Waals surface area contributed by atoms with Gasteiger partial charge in [0.05, 0.1) is 12.1 Å². The molecule has 110 valence electrons. The Balaban J connectivity index is 2.33. The molecule has 1 aromatic rings. The van der Waals surface area contributed by atoms with Gasteiger partial charge in [-0.1, -0.05) is 23.7 Å². The lowest BCUT2D eigenvalue weighted by atomic mass is 10.3. The van der Waals surface area contributed by atoms with Gasteiger partial charge in [0.15, 0.2) is 6.10 Å². The molecular formula is C14H18ClNO4. The molecule has 1 rings (SSSR count). The first-order chi connectivity index (χ1) is 9.54. The maximum Gasteiger partial charge on any atom is 0.305 e. The molecular weight excluding hydrogens is 282 g/mol. The zero-order chi connectivity index (χ0) is 15.0. The lowest BCUT2D eigenvalue weighted by molar-refractivity contribution is -0.140. The highest BCUT2D eigenvalue weighted by Crippen LogP contribution is 2.24. The first kappa shape index (κ1) is 16.3. The van der Waals surface area contributed by atoms with Crippen molar-refractivity contribution in [1.82, 2.24) is 5.32 Å². The molecule has 0 saturated carbocycles. The van der Waals surface area contributed by atoms with Crippen LogP contribution in [0.25, 0.3) is 0 Å². The lowest BCUT2D eigenvalue weighted by Gasteiger charge is -2.15. The van der Waals surface area contributed by atoms with Gasteiger partial charge in [0, 0.05) is 13.0 Å². The third-order valence-corrected chi connectivity index (χ3v) is 2.91. The fraction of sp³-hybridized carbons (Fsp3) is 0.429. The third kappa shape index (κ3) is 5.48. The Labute approximate surface area is 123 Å². The zero-order valence-electron chi connectivity index (χ0n) is 11.5. The normalized spacial score (nSPS) is 11.6. The molecule has 0 saturated heterocycles. The molecule has 0 aromatic heterocycles. The van der Waals surface area contributed by atoms with Crippen LogP contribution in [-0.2, 0) is 14.3 Å². The molecule has 1 atom stereocenters. The Kier molecular flexibility index (Phi) is 6.87. The molecule has 6 heteroatoms. The van der Waals surface area contributed by atoms with Gasteiger partial charge in [-0.3, -0.25) is 9.59 Å². The van der Waals surface area contributed by atoms with Crippen molar-refractivity contribution in [3.63, 3.8) is 0 Å². The van der Waals surface area contributed by atoms with E-state index in [9.17, 15) is 9.59 Å². The molecule has 0 fully saturated rings. The van der Waals surface area contributed by atoms with Crippen molar-refractivity contribution in [2.45, 2.75) is 25.9 Å². The van der Waals surface area contributed by atoms with Gasteiger partial charge in [0.2, 0.25) is 0 Å². The second-order valence-electron chi connectivity index (χ2n) is 4.16. The van der Waals surface area contributed by atoms with Crippen LogP contribution in [0.4, 0.5) is 0 Å². The Morgan fingerprint density at radius 2 is 2.05 bits per heavy atom. The van der Waals surface area contributed by atoms with E-state index < -0.39 is 6.10 Å². The van der Waals surface area contributed by atoms with E-state index in [4.69, 9.17) is 16.3 Å². The maximum atomic E-state index is 11.8.